The third-order valence-corrected chi connectivity index (χ3v) is 8.35. The number of Topliss-reactive ketones (excluding diaryl/α,β-unsaturated/α-hetero) is 1. The maximum absolute atomic E-state index is 12.3. The van der Waals surface area contributed by atoms with Crippen molar-refractivity contribution in [3.05, 3.63) is 0 Å². The van der Waals surface area contributed by atoms with E-state index in [1.807, 2.05) is 6.92 Å². The first-order valence-electron chi connectivity index (χ1n) is 10.2. The number of carbonyl (C=O) groups excluding carboxylic acids is 4. The topological polar surface area (TPSA) is 153 Å². The van der Waals surface area contributed by atoms with Crippen molar-refractivity contribution in [2.45, 2.75) is 75.8 Å². The highest BCUT2D eigenvalue weighted by Crippen LogP contribution is 2.31. The first kappa shape index (κ1) is 25.9. The van der Waals surface area contributed by atoms with Gasteiger partial charge in [0.15, 0.2) is 0 Å². The number of piperidine rings is 1. The van der Waals surface area contributed by atoms with Gasteiger partial charge in [0.1, 0.15) is 36.9 Å². The van der Waals surface area contributed by atoms with E-state index in [2.05, 4.69) is 5.32 Å². The van der Waals surface area contributed by atoms with Crippen molar-refractivity contribution >= 4 is 45.2 Å². The van der Waals surface area contributed by atoms with Crippen LogP contribution in [0.15, 0.2) is 0 Å². The zero-order valence-corrected chi connectivity index (χ0v) is 19.4. The summed E-state index contributed by atoms with van der Waals surface area (Å²) in [6, 6.07) is -1.15. The second-order valence-electron chi connectivity index (χ2n) is 7.96. The van der Waals surface area contributed by atoms with Gasteiger partial charge in [-0.1, -0.05) is 35.4 Å². The van der Waals surface area contributed by atoms with Crippen molar-refractivity contribution in [2.24, 2.45) is 5.92 Å². The quantitative estimate of drug-likeness (QED) is 0.132. The lowest BCUT2D eigenvalue weighted by molar-refractivity contribution is -0.182. The fourth-order valence-corrected chi connectivity index (χ4v) is 5.90. The zero-order chi connectivity index (χ0) is 23.3. The molecular weight excluding hydrogens is 448 g/mol. The molecule has 2 aliphatic heterocycles. The zero-order valence-electron chi connectivity index (χ0n) is 17.7. The van der Waals surface area contributed by atoms with E-state index in [1.54, 1.807) is 35.4 Å². The fraction of sp³-hybridized carbons (Fsp3) is 0.789. The molecule has 0 spiro atoms. The predicted octanol–water partition coefficient (Wildman–Crippen LogP) is -0.556. The summed E-state index contributed by atoms with van der Waals surface area (Å²) >= 11 is 0. The predicted molar refractivity (Wildman–Crippen MR) is 115 cm³/mol. The fourth-order valence-electron chi connectivity index (χ4n) is 3.35. The van der Waals surface area contributed by atoms with Crippen LogP contribution in [0.25, 0.3) is 0 Å². The van der Waals surface area contributed by atoms with Gasteiger partial charge in [-0.25, -0.2) is 0 Å². The second kappa shape index (κ2) is 11.5. The Morgan fingerprint density at radius 1 is 1.13 bits per heavy atom. The number of fused-ring (bicyclic) bond motifs is 1. The molecule has 0 bridgehead atoms. The van der Waals surface area contributed by atoms with Crippen LogP contribution in [0.5, 0.6) is 0 Å². The van der Waals surface area contributed by atoms with Gasteiger partial charge >= 0.3 is 17.8 Å². The lowest BCUT2D eigenvalue weighted by Crippen LogP contribution is -2.68. The van der Waals surface area contributed by atoms with E-state index in [0.29, 0.717) is 23.8 Å². The summed E-state index contributed by atoms with van der Waals surface area (Å²) in [6.07, 6.45) is -4.00. The Morgan fingerprint density at radius 2 is 1.81 bits per heavy atom. The average molecular weight is 479 g/mol. The van der Waals surface area contributed by atoms with Crippen LogP contribution in [-0.4, -0.2) is 91.9 Å². The number of hydrogen-bond acceptors (Lipinski definition) is 10. The highest BCUT2D eigenvalue weighted by molar-refractivity contribution is 8.76. The Kier molecular flexibility index (Phi) is 9.62. The summed E-state index contributed by atoms with van der Waals surface area (Å²) in [5.41, 5.74) is 0. The molecule has 2 rings (SSSR count). The number of nitrogens with one attached hydrogen (secondary N) is 1. The largest absolute Gasteiger partial charge is 0.463 e. The van der Waals surface area contributed by atoms with Crippen molar-refractivity contribution in [2.75, 3.05) is 12.4 Å². The second-order valence-corrected chi connectivity index (χ2v) is 10.9. The van der Waals surface area contributed by atoms with Crippen LogP contribution in [0.4, 0.5) is 0 Å². The lowest BCUT2D eigenvalue weighted by atomic mass is 9.92. The van der Waals surface area contributed by atoms with Gasteiger partial charge in [0, 0.05) is 17.4 Å². The summed E-state index contributed by atoms with van der Waals surface area (Å²) in [7, 11) is 3.28. The first-order valence-corrected chi connectivity index (χ1v) is 12.5. The molecule has 0 aromatic carbocycles. The normalized spacial score (nSPS) is 29.9. The molecule has 0 aromatic rings. The Hall–Kier alpha value is -1.34. The number of ether oxygens (including phenoxy) is 1. The number of aliphatic hydroxyl groups is 3. The molecule has 0 aromatic heterocycles. The summed E-state index contributed by atoms with van der Waals surface area (Å²) in [5.74, 6) is -2.00. The lowest BCUT2D eigenvalue weighted by Gasteiger charge is -2.44. The van der Waals surface area contributed by atoms with Crippen molar-refractivity contribution in [3.8, 4) is 0 Å². The number of ketones is 1. The molecule has 2 fully saturated rings. The van der Waals surface area contributed by atoms with Crippen LogP contribution in [0.1, 0.15) is 40.0 Å². The number of aliphatic hydroxyl groups excluding tert-OH is 3. The highest BCUT2D eigenvalue weighted by atomic mass is 33.1. The van der Waals surface area contributed by atoms with Gasteiger partial charge in [0.2, 0.25) is 0 Å². The molecule has 12 heteroatoms. The molecule has 2 unspecified atom stereocenters. The molecule has 0 saturated carbocycles. The monoisotopic (exact) mass is 478 g/mol. The minimum atomic E-state index is -1.60. The minimum absolute atomic E-state index is 0.168. The molecular formula is C19H30N2O8S2. The molecule has 2 amide bonds. The SMILES string of the molecule is CC(=O)CCC(C)SSCCC(C)C(=O)OC[C@@H]1[C@@H](O)[C@H](O)[C@H](O)[C@H]2NC(=O)C(=O)N12. The molecule has 0 aliphatic carbocycles. The molecule has 31 heavy (non-hydrogen) atoms. The Labute approximate surface area is 188 Å². The minimum Gasteiger partial charge on any atom is -0.463 e. The maximum atomic E-state index is 12.3. The first-order chi connectivity index (χ1) is 14.5. The van der Waals surface area contributed by atoms with Gasteiger partial charge < -0.3 is 35.1 Å². The number of carbonyl (C=O) groups is 4. The van der Waals surface area contributed by atoms with E-state index >= 15 is 0 Å². The molecule has 0 radical (unpaired) electrons. The van der Waals surface area contributed by atoms with Crippen LogP contribution < -0.4 is 5.32 Å². The van der Waals surface area contributed by atoms with Gasteiger partial charge in [-0.3, -0.25) is 14.4 Å². The van der Waals surface area contributed by atoms with E-state index in [0.717, 1.165) is 11.3 Å². The number of amides is 2. The van der Waals surface area contributed by atoms with Crippen molar-refractivity contribution < 1.29 is 39.2 Å². The Balaban J connectivity index is 1.79. The van der Waals surface area contributed by atoms with Gasteiger partial charge in [-0.2, -0.15) is 0 Å². The van der Waals surface area contributed by atoms with Gasteiger partial charge in [0.25, 0.3) is 0 Å². The van der Waals surface area contributed by atoms with Crippen LogP contribution in [-0.2, 0) is 23.9 Å². The van der Waals surface area contributed by atoms with Gasteiger partial charge in [-0.05, 0) is 19.8 Å². The Morgan fingerprint density at radius 3 is 2.45 bits per heavy atom. The van der Waals surface area contributed by atoms with Gasteiger partial charge in [0.05, 0.1) is 12.0 Å². The molecule has 2 aliphatic rings. The van der Waals surface area contributed by atoms with Crippen molar-refractivity contribution in [1.29, 1.82) is 0 Å². The van der Waals surface area contributed by atoms with Crippen LogP contribution in [0.2, 0.25) is 0 Å². The molecule has 176 valence electrons. The maximum Gasteiger partial charge on any atom is 0.314 e. The number of hydrogen-bond donors (Lipinski definition) is 4. The van der Waals surface area contributed by atoms with Crippen LogP contribution in [0, 0.1) is 5.92 Å². The summed E-state index contributed by atoms with van der Waals surface area (Å²) in [5, 5.41) is 32.9. The van der Waals surface area contributed by atoms with Crippen molar-refractivity contribution in [3.63, 3.8) is 0 Å². The average Bonchev–Trinajstić information content (AvgIpc) is 3.02. The summed E-state index contributed by atoms with van der Waals surface area (Å²) in [4.78, 5) is 48.0. The van der Waals surface area contributed by atoms with E-state index < -0.39 is 60.8 Å². The van der Waals surface area contributed by atoms with Crippen LogP contribution >= 0.6 is 21.6 Å². The third-order valence-electron chi connectivity index (χ3n) is 5.35. The smallest absolute Gasteiger partial charge is 0.314 e. The summed E-state index contributed by atoms with van der Waals surface area (Å²) in [6.45, 7) is 4.92. The van der Waals surface area contributed by atoms with Gasteiger partial charge in [-0.15, -0.1) is 0 Å². The van der Waals surface area contributed by atoms with Crippen LogP contribution in [0.3, 0.4) is 0 Å². The standard InChI is InChI=1S/C19H30N2O8S2/c1-9(6-7-30-31-11(3)5-4-10(2)22)19(28)29-8-12-13(23)14(24)15(25)16-20-17(26)18(27)21(12)16/h9,11-16,23-25H,4-8H2,1-3H3,(H,20,26)/t9?,11?,12-,13-,14+,15+,16+/m1/s1. The molecule has 2 heterocycles. The van der Waals surface area contributed by atoms with E-state index in [1.165, 1.54) is 0 Å². The van der Waals surface area contributed by atoms with Crippen molar-refractivity contribution in [1.82, 2.24) is 10.2 Å². The number of rotatable bonds is 11. The highest BCUT2D eigenvalue weighted by Gasteiger charge is 2.55. The number of nitrogens with zero attached hydrogens (tertiary/aromatic N) is 1. The molecule has 4 N–H and O–H groups in total. The molecule has 10 nitrogen and oxygen atoms in total. The molecule has 2 saturated heterocycles. The van der Waals surface area contributed by atoms with E-state index in [9.17, 15) is 34.5 Å². The number of esters is 1. The summed E-state index contributed by atoms with van der Waals surface area (Å²) < 4.78 is 5.25. The molecule has 7 atom stereocenters. The Bertz CT molecular complexity index is 694. The van der Waals surface area contributed by atoms with E-state index in [4.69, 9.17) is 4.74 Å². The third kappa shape index (κ3) is 6.58. The van der Waals surface area contributed by atoms with E-state index in [-0.39, 0.29) is 5.78 Å².